The number of hydrogen-bond donors (Lipinski definition) is 0. The Labute approximate surface area is 88.0 Å². The largest absolute Gasteiger partial charge is 0.449 e. The Morgan fingerprint density at radius 1 is 1.57 bits per heavy atom. The molecule has 0 amide bonds. The van der Waals surface area contributed by atoms with E-state index in [1.165, 1.54) is 12.3 Å². The molecule has 1 aromatic rings. The first-order valence-electron chi connectivity index (χ1n) is 4.67. The zero-order chi connectivity index (χ0) is 10.4. The van der Waals surface area contributed by atoms with E-state index in [9.17, 15) is 4.79 Å². The van der Waals surface area contributed by atoms with Gasteiger partial charge < -0.3 is 9.15 Å². The van der Waals surface area contributed by atoms with Gasteiger partial charge in [0.05, 0.1) is 6.26 Å². The third-order valence-corrected chi connectivity index (χ3v) is 2.07. The molecule has 14 heavy (non-hydrogen) atoms. The third-order valence-electron chi connectivity index (χ3n) is 1.79. The molecule has 0 spiro atoms. The third kappa shape index (κ3) is 3.42. The maximum absolute atomic E-state index is 11.2. The van der Waals surface area contributed by atoms with Crippen LogP contribution in [0.15, 0.2) is 16.7 Å². The second-order valence-corrected chi connectivity index (χ2v) is 3.33. The summed E-state index contributed by atoms with van der Waals surface area (Å²) in [4.78, 5) is 11.2. The number of furan rings is 1. The van der Waals surface area contributed by atoms with Gasteiger partial charge in [-0.1, -0.05) is 19.8 Å². The predicted molar refractivity (Wildman–Crippen MR) is 53.5 cm³/mol. The van der Waals surface area contributed by atoms with E-state index in [2.05, 4.69) is 6.92 Å². The maximum atomic E-state index is 11.2. The Hall–Kier alpha value is -0.960. The molecular formula is C10H13ClO3. The van der Waals surface area contributed by atoms with Crippen molar-refractivity contribution in [1.29, 1.82) is 0 Å². The van der Waals surface area contributed by atoms with Gasteiger partial charge in [-0.25, -0.2) is 0 Å². The minimum Gasteiger partial charge on any atom is -0.449 e. The lowest BCUT2D eigenvalue weighted by Crippen LogP contribution is -2.06. The van der Waals surface area contributed by atoms with E-state index in [4.69, 9.17) is 20.8 Å². The molecule has 0 radical (unpaired) electrons. The fraction of sp³-hybridized carbons (Fsp3) is 0.500. The zero-order valence-corrected chi connectivity index (χ0v) is 8.84. The number of hydrogen-bond acceptors (Lipinski definition) is 3. The first kappa shape index (κ1) is 11.1. The second-order valence-electron chi connectivity index (χ2n) is 2.99. The number of carbonyl (C=O) groups excluding carboxylic acids is 1. The van der Waals surface area contributed by atoms with Crippen LogP contribution >= 0.6 is 11.6 Å². The highest BCUT2D eigenvalue weighted by atomic mass is 35.5. The Kier molecular flexibility index (Phi) is 4.53. The fourth-order valence-electron chi connectivity index (χ4n) is 1.05. The van der Waals surface area contributed by atoms with Gasteiger partial charge in [-0.2, -0.15) is 0 Å². The van der Waals surface area contributed by atoms with Gasteiger partial charge in [0.15, 0.2) is 5.75 Å². The SMILES string of the molecule is CCCCCC(=O)Oc1ccoc1Cl. The van der Waals surface area contributed by atoms with Crippen LogP contribution in [-0.4, -0.2) is 5.97 Å². The van der Waals surface area contributed by atoms with Crippen molar-refractivity contribution in [2.24, 2.45) is 0 Å². The van der Waals surface area contributed by atoms with Crippen LogP contribution in [0.2, 0.25) is 5.22 Å². The lowest BCUT2D eigenvalue weighted by Gasteiger charge is -2.00. The second kappa shape index (κ2) is 5.70. The molecule has 0 atom stereocenters. The van der Waals surface area contributed by atoms with Gasteiger partial charge in [-0.15, -0.1) is 0 Å². The predicted octanol–water partition coefficient (Wildman–Crippen LogP) is 3.42. The van der Waals surface area contributed by atoms with E-state index in [0.717, 1.165) is 19.3 Å². The van der Waals surface area contributed by atoms with E-state index >= 15 is 0 Å². The van der Waals surface area contributed by atoms with Crippen LogP contribution < -0.4 is 4.74 Å². The van der Waals surface area contributed by atoms with Crippen molar-refractivity contribution in [3.8, 4) is 5.75 Å². The first-order valence-corrected chi connectivity index (χ1v) is 5.05. The molecule has 3 nitrogen and oxygen atoms in total. The molecule has 0 aliphatic rings. The van der Waals surface area contributed by atoms with Gasteiger partial charge in [0.2, 0.25) is 5.22 Å². The van der Waals surface area contributed by atoms with Crippen molar-refractivity contribution in [2.45, 2.75) is 32.6 Å². The molecule has 0 saturated heterocycles. The lowest BCUT2D eigenvalue weighted by molar-refractivity contribution is -0.134. The van der Waals surface area contributed by atoms with Crippen LogP contribution in [0.4, 0.5) is 0 Å². The molecule has 78 valence electrons. The standard InChI is InChI=1S/C10H13ClO3/c1-2-3-4-5-9(12)14-8-6-7-13-10(8)11/h6-7H,2-5H2,1H3. The Bertz CT molecular complexity index is 293. The molecule has 0 unspecified atom stereocenters. The number of unbranched alkanes of at least 4 members (excludes halogenated alkanes) is 2. The topological polar surface area (TPSA) is 39.4 Å². The van der Waals surface area contributed by atoms with E-state index in [1.54, 1.807) is 0 Å². The molecule has 0 bridgehead atoms. The summed E-state index contributed by atoms with van der Waals surface area (Å²) in [5.41, 5.74) is 0. The van der Waals surface area contributed by atoms with E-state index in [1.807, 2.05) is 0 Å². The van der Waals surface area contributed by atoms with Gasteiger partial charge in [0, 0.05) is 12.5 Å². The van der Waals surface area contributed by atoms with Crippen molar-refractivity contribution in [3.05, 3.63) is 17.5 Å². The van der Waals surface area contributed by atoms with Gasteiger partial charge >= 0.3 is 5.97 Å². The van der Waals surface area contributed by atoms with E-state index < -0.39 is 0 Å². The molecule has 4 heteroatoms. The van der Waals surface area contributed by atoms with Crippen LogP contribution in [0, 0.1) is 0 Å². The van der Waals surface area contributed by atoms with Crippen molar-refractivity contribution in [3.63, 3.8) is 0 Å². The van der Waals surface area contributed by atoms with Crippen molar-refractivity contribution in [1.82, 2.24) is 0 Å². The minimum absolute atomic E-state index is 0.119. The fourth-order valence-corrected chi connectivity index (χ4v) is 1.20. The highest BCUT2D eigenvalue weighted by molar-refractivity contribution is 6.30. The van der Waals surface area contributed by atoms with Gasteiger partial charge in [0.1, 0.15) is 0 Å². The summed E-state index contributed by atoms with van der Waals surface area (Å²) in [6.07, 6.45) is 4.78. The Morgan fingerprint density at radius 3 is 2.93 bits per heavy atom. The maximum Gasteiger partial charge on any atom is 0.311 e. The van der Waals surface area contributed by atoms with Gasteiger partial charge in [0.25, 0.3) is 0 Å². The monoisotopic (exact) mass is 216 g/mol. The Balaban J connectivity index is 2.31. The van der Waals surface area contributed by atoms with Gasteiger partial charge in [-0.05, 0) is 18.0 Å². The quantitative estimate of drug-likeness (QED) is 0.559. The smallest absolute Gasteiger partial charge is 0.311 e. The normalized spacial score (nSPS) is 10.1. The number of carbonyl (C=O) groups is 1. The molecule has 1 aromatic heterocycles. The van der Waals surface area contributed by atoms with Crippen LogP contribution in [0.1, 0.15) is 32.6 Å². The summed E-state index contributed by atoms with van der Waals surface area (Å²) in [5.74, 6) is 0.0370. The number of ether oxygens (including phenoxy) is 1. The molecular weight excluding hydrogens is 204 g/mol. The average molecular weight is 217 g/mol. The average Bonchev–Trinajstić information content (AvgIpc) is 2.52. The number of esters is 1. The summed E-state index contributed by atoms with van der Waals surface area (Å²) < 4.78 is 9.75. The number of halogens is 1. The van der Waals surface area contributed by atoms with E-state index in [-0.39, 0.29) is 11.2 Å². The summed E-state index contributed by atoms with van der Waals surface area (Å²) in [6, 6.07) is 1.53. The molecule has 0 aromatic carbocycles. The van der Waals surface area contributed by atoms with Crippen molar-refractivity contribution in [2.75, 3.05) is 0 Å². The first-order chi connectivity index (χ1) is 6.74. The molecule has 0 aliphatic carbocycles. The van der Waals surface area contributed by atoms with Crippen LogP contribution in [0.25, 0.3) is 0 Å². The lowest BCUT2D eigenvalue weighted by atomic mass is 10.2. The van der Waals surface area contributed by atoms with Crippen LogP contribution in [-0.2, 0) is 4.79 Å². The summed E-state index contributed by atoms with van der Waals surface area (Å²) in [5, 5.41) is 0.119. The summed E-state index contributed by atoms with van der Waals surface area (Å²) >= 11 is 5.60. The van der Waals surface area contributed by atoms with Crippen LogP contribution in [0.5, 0.6) is 5.75 Å². The van der Waals surface area contributed by atoms with Gasteiger partial charge in [-0.3, -0.25) is 4.79 Å². The molecule has 0 fully saturated rings. The molecule has 1 rings (SSSR count). The summed E-state index contributed by atoms with van der Waals surface area (Å²) in [6.45, 7) is 2.08. The van der Waals surface area contributed by atoms with Crippen molar-refractivity contribution < 1.29 is 13.9 Å². The molecule has 0 saturated carbocycles. The zero-order valence-electron chi connectivity index (χ0n) is 8.09. The molecule has 1 heterocycles. The highest BCUT2D eigenvalue weighted by Crippen LogP contribution is 2.25. The Morgan fingerprint density at radius 2 is 2.36 bits per heavy atom. The molecule has 0 N–H and O–H groups in total. The summed E-state index contributed by atoms with van der Waals surface area (Å²) in [7, 11) is 0. The van der Waals surface area contributed by atoms with E-state index in [0.29, 0.717) is 12.2 Å². The molecule has 0 aliphatic heterocycles. The highest BCUT2D eigenvalue weighted by Gasteiger charge is 2.09. The van der Waals surface area contributed by atoms with Crippen LogP contribution in [0.3, 0.4) is 0 Å². The minimum atomic E-state index is -0.262. The number of rotatable bonds is 5. The van der Waals surface area contributed by atoms with Crippen molar-refractivity contribution >= 4 is 17.6 Å².